The number of aromatic nitrogens is 1. The number of rotatable bonds is 3. The first-order valence-corrected chi connectivity index (χ1v) is 6.68. The second kappa shape index (κ2) is 4.34. The Morgan fingerprint density at radius 3 is 2.50 bits per heavy atom. The van der Waals surface area contributed by atoms with Crippen molar-refractivity contribution in [2.75, 3.05) is 10.5 Å². The van der Waals surface area contributed by atoms with E-state index in [2.05, 4.69) is 9.88 Å². The maximum absolute atomic E-state index is 12.1. The van der Waals surface area contributed by atoms with Gasteiger partial charge in [0.1, 0.15) is 0 Å². The summed E-state index contributed by atoms with van der Waals surface area (Å²) >= 11 is 0. The number of nitrogens with one attached hydrogen (secondary N) is 1. The van der Waals surface area contributed by atoms with Gasteiger partial charge in [-0.1, -0.05) is 5.16 Å². The molecule has 0 aliphatic rings. The second-order valence-electron chi connectivity index (χ2n) is 4.02. The zero-order chi connectivity index (χ0) is 13.3. The Morgan fingerprint density at radius 2 is 1.94 bits per heavy atom. The highest BCUT2D eigenvalue weighted by Crippen LogP contribution is 2.20. The summed E-state index contributed by atoms with van der Waals surface area (Å²) in [7, 11) is -3.71. The van der Waals surface area contributed by atoms with E-state index in [1.807, 2.05) is 0 Å². The van der Waals surface area contributed by atoms with E-state index in [1.165, 1.54) is 18.2 Å². The Kier molecular flexibility index (Phi) is 3.00. The fourth-order valence-electron chi connectivity index (χ4n) is 1.53. The van der Waals surface area contributed by atoms with Crippen LogP contribution in [0.3, 0.4) is 0 Å². The second-order valence-corrected chi connectivity index (χ2v) is 5.70. The highest BCUT2D eigenvalue weighted by Gasteiger charge is 2.17. The molecule has 18 heavy (non-hydrogen) atoms. The standard InChI is InChI=1S/C11H13N3O3S/c1-7-3-9(12)6-10(4-7)18(15,16)14-11-5-8(2)13-17-11/h3-6,14H,12H2,1-2H3. The molecule has 7 heteroatoms. The van der Waals surface area contributed by atoms with Crippen molar-refractivity contribution in [3.63, 3.8) is 0 Å². The van der Waals surface area contributed by atoms with Crippen LogP contribution in [0.15, 0.2) is 33.7 Å². The summed E-state index contributed by atoms with van der Waals surface area (Å²) in [5.41, 5.74) is 7.38. The molecule has 0 unspecified atom stereocenters. The minimum absolute atomic E-state index is 0.0765. The third-order valence-electron chi connectivity index (χ3n) is 2.25. The lowest BCUT2D eigenvalue weighted by Crippen LogP contribution is -2.13. The van der Waals surface area contributed by atoms with Crippen LogP contribution in [0.4, 0.5) is 11.6 Å². The average Bonchev–Trinajstić information content (AvgIpc) is 2.61. The number of nitrogens with two attached hydrogens (primary N) is 1. The van der Waals surface area contributed by atoms with Crippen molar-refractivity contribution in [3.8, 4) is 0 Å². The summed E-state index contributed by atoms with van der Waals surface area (Å²) in [4.78, 5) is 0.0917. The highest BCUT2D eigenvalue weighted by atomic mass is 32.2. The summed E-state index contributed by atoms with van der Waals surface area (Å²) in [6, 6.07) is 6.11. The quantitative estimate of drug-likeness (QED) is 0.824. The molecular weight excluding hydrogens is 254 g/mol. The fourth-order valence-corrected chi connectivity index (χ4v) is 2.65. The maximum atomic E-state index is 12.1. The lowest BCUT2D eigenvalue weighted by Gasteiger charge is -2.06. The number of hydrogen-bond donors (Lipinski definition) is 2. The number of nitrogens with zero attached hydrogens (tertiary/aromatic N) is 1. The molecule has 0 atom stereocenters. The third kappa shape index (κ3) is 2.62. The van der Waals surface area contributed by atoms with Crippen LogP contribution in [0, 0.1) is 13.8 Å². The molecule has 0 fully saturated rings. The number of benzene rings is 1. The molecule has 96 valence electrons. The number of anilines is 2. The van der Waals surface area contributed by atoms with Gasteiger partial charge in [0.25, 0.3) is 10.0 Å². The molecular formula is C11H13N3O3S. The fraction of sp³-hybridized carbons (Fsp3) is 0.182. The topological polar surface area (TPSA) is 98.2 Å². The van der Waals surface area contributed by atoms with Crippen LogP contribution in [0.5, 0.6) is 0 Å². The number of hydrogen-bond acceptors (Lipinski definition) is 5. The minimum Gasteiger partial charge on any atom is -0.399 e. The predicted molar refractivity (Wildman–Crippen MR) is 67.6 cm³/mol. The van der Waals surface area contributed by atoms with Crippen molar-refractivity contribution in [2.45, 2.75) is 18.7 Å². The normalized spacial score (nSPS) is 11.4. The van der Waals surface area contributed by atoms with Gasteiger partial charge < -0.3 is 10.3 Å². The van der Waals surface area contributed by atoms with Gasteiger partial charge >= 0.3 is 0 Å². The van der Waals surface area contributed by atoms with Crippen molar-refractivity contribution in [1.82, 2.24) is 5.16 Å². The molecule has 0 saturated heterocycles. The molecule has 1 aromatic heterocycles. The van der Waals surface area contributed by atoms with Gasteiger partial charge in [0.15, 0.2) is 0 Å². The third-order valence-corrected chi connectivity index (χ3v) is 3.57. The molecule has 0 saturated carbocycles. The Hall–Kier alpha value is -2.02. The number of aryl methyl sites for hydroxylation is 2. The smallest absolute Gasteiger partial charge is 0.264 e. The van der Waals surface area contributed by atoms with Gasteiger partial charge in [-0.15, -0.1) is 0 Å². The molecule has 2 aromatic rings. The van der Waals surface area contributed by atoms with Crippen LogP contribution in [0.2, 0.25) is 0 Å². The predicted octanol–water partition coefficient (Wildman–Crippen LogP) is 1.67. The molecule has 0 aliphatic heterocycles. The van der Waals surface area contributed by atoms with Crippen LogP contribution in [-0.4, -0.2) is 13.6 Å². The van der Waals surface area contributed by atoms with E-state index in [-0.39, 0.29) is 10.8 Å². The summed E-state index contributed by atoms with van der Waals surface area (Å²) in [5.74, 6) is 0.0765. The van der Waals surface area contributed by atoms with Gasteiger partial charge in [0.2, 0.25) is 5.88 Å². The van der Waals surface area contributed by atoms with Gasteiger partial charge in [-0.25, -0.2) is 13.1 Å². The van der Waals surface area contributed by atoms with Gasteiger partial charge in [-0.3, -0.25) is 0 Å². The van der Waals surface area contributed by atoms with Crippen LogP contribution < -0.4 is 10.5 Å². The SMILES string of the molecule is Cc1cc(N)cc(S(=O)(=O)Nc2cc(C)no2)c1. The summed E-state index contributed by atoms with van der Waals surface area (Å²) in [6.07, 6.45) is 0. The molecule has 3 N–H and O–H groups in total. The zero-order valence-corrected chi connectivity index (χ0v) is 10.8. The van der Waals surface area contributed by atoms with Gasteiger partial charge in [0, 0.05) is 11.8 Å². The van der Waals surface area contributed by atoms with Gasteiger partial charge in [0.05, 0.1) is 10.6 Å². The Morgan fingerprint density at radius 1 is 1.22 bits per heavy atom. The molecule has 6 nitrogen and oxygen atoms in total. The average molecular weight is 267 g/mol. The maximum Gasteiger partial charge on any atom is 0.264 e. The summed E-state index contributed by atoms with van der Waals surface area (Å²) < 4.78 is 31.2. The molecule has 1 aromatic carbocycles. The molecule has 1 heterocycles. The van der Waals surface area contributed by atoms with Crippen molar-refractivity contribution in [2.24, 2.45) is 0 Å². The molecule has 0 amide bonds. The molecule has 0 spiro atoms. The monoisotopic (exact) mass is 267 g/mol. The van der Waals surface area contributed by atoms with Crippen LogP contribution in [-0.2, 0) is 10.0 Å². The van der Waals surface area contributed by atoms with E-state index in [1.54, 1.807) is 19.9 Å². The van der Waals surface area contributed by atoms with E-state index in [4.69, 9.17) is 10.3 Å². The van der Waals surface area contributed by atoms with E-state index in [9.17, 15) is 8.42 Å². The van der Waals surface area contributed by atoms with Crippen LogP contribution >= 0.6 is 0 Å². The van der Waals surface area contributed by atoms with Crippen LogP contribution in [0.25, 0.3) is 0 Å². The van der Waals surface area contributed by atoms with E-state index in [0.29, 0.717) is 11.4 Å². The Bertz CT molecular complexity index is 656. The number of nitrogen functional groups attached to an aromatic ring is 1. The molecule has 0 bridgehead atoms. The van der Waals surface area contributed by atoms with Crippen molar-refractivity contribution in [3.05, 3.63) is 35.5 Å². The molecule has 0 radical (unpaired) electrons. The largest absolute Gasteiger partial charge is 0.399 e. The van der Waals surface area contributed by atoms with Crippen molar-refractivity contribution >= 4 is 21.6 Å². The Balaban J connectivity index is 2.36. The molecule has 0 aliphatic carbocycles. The van der Waals surface area contributed by atoms with Crippen molar-refractivity contribution in [1.29, 1.82) is 0 Å². The first-order chi connectivity index (χ1) is 8.37. The number of sulfonamides is 1. The van der Waals surface area contributed by atoms with Crippen molar-refractivity contribution < 1.29 is 12.9 Å². The van der Waals surface area contributed by atoms with Gasteiger partial charge in [-0.2, -0.15) is 0 Å². The Labute approximate surface area is 105 Å². The van der Waals surface area contributed by atoms with E-state index >= 15 is 0 Å². The highest BCUT2D eigenvalue weighted by molar-refractivity contribution is 7.92. The lowest BCUT2D eigenvalue weighted by atomic mass is 10.2. The van der Waals surface area contributed by atoms with Gasteiger partial charge in [-0.05, 0) is 37.6 Å². The summed E-state index contributed by atoms with van der Waals surface area (Å²) in [5, 5.41) is 3.60. The summed E-state index contributed by atoms with van der Waals surface area (Å²) in [6.45, 7) is 3.47. The first-order valence-electron chi connectivity index (χ1n) is 5.20. The minimum atomic E-state index is -3.71. The van der Waals surface area contributed by atoms with Crippen LogP contribution in [0.1, 0.15) is 11.3 Å². The van der Waals surface area contributed by atoms with E-state index in [0.717, 1.165) is 5.56 Å². The molecule has 2 rings (SSSR count). The van der Waals surface area contributed by atoms with E-state index < -0.39 is 10.0 Å². The zero-order valence-electron chi connectivity index (χ0n) is 9.97. The lowest BCUT2D eigenvalue weighted by molar-refractivity contribution is 0.430. The first kappa shape index (κ1) is 12.4.